The third kappa shape index (κ3) is 5.22. The van der Waals surface area contributed by atoms with Crippen molar-refractivity contribution in [1.82, 2.24) is 9.47 Å². The van der Waals surface area contributed by atoms with Crippen LogP contribution >= 0.6 is 0 Å². The van der Waals surface area contributed by atoms with Crippen LogP contribution in [0.2, 0.25) is 0 Å². The van der Waals surface area contributed by atoms with Crippen LogP contribution < -0.4 is 0 Å². The number of esters is 1. The molecule has 1 unspecified atom stereocenters. The van der Waals surface area contributed by atoms with Crippen molar-refractivity contribution in [2.75, 3.05) is 26.4 Å². The number of aromatic nitrogens is 1. The maximum absolute atomic E-state index is 13.3. The van der Waals surface area contributed by atoms with Crippen molar-refractivity contribution < 1.29 is 23.9 Å². The van der Waals surface area contributed by atoms with Gasteiger partial charge in [0.05, 0.1) is 12.6 Å². The van der Waals surface area contributed by atoms with Gasteiger partial charge in [-0.1, -0.05) is 0 Å². The zero-order chi connectivity index (χ0) is 21.4. The minimum atomic E-state index is -0.626. The summed E-state index contributed by atoms with van der Waals surface area (Å²) in [6.07, 6.45) is 0.660. The molecule has 0 radical (unpaired) electrons. The van der Waals surface area contributed by atoms with Gasteiger partial charge in [0.1, 0.15) is 5.69 Å². The van der Waals surface area contributed by atoms with Crippen molar-refractivity contribution in [3.8, 4) is 0 Å². The SMILES string of the molecule is CCOCCCN(C(C)=O)C(C)C(=O)c1c(C)c(C(=O)OCC)n(CC)c1C. The number of ether oxygens (including phenoxy) is 2. The number of Topliss-reactive ketones (excluding diaryl/α,β-unsaturated/α-hetero) is 1. The number of hydrogen-bond donors (Lipinski definition) is 0. The van der Waals surface area contributed by atoms with E-state index in [1.54, 1.807) is 30.2 Å². The van der Waals surface area contributed by atoms with Gasteiger partial charge in [-0.25, -0.2) is 4.79 Å². The molecule has 1 rings (SSSR count). The minimum Gasteiger partial charge on any atom is -0.461 e. The van der Waals surface area contributed by atoms with Crippen LogP contribution in [0.15, 0.2) is 0 Å². The fourth-order valence-corrected chi connectivity index (χ4v) is 3.57. The molecular formula is C21H34N2O5. The van der Waals surface area contributed by atoms with Crippen molar-refractivity contribution in [2.45, 2.75) is 67.5 Å². The largest absolute Gasteiger partial charge is 0.461 e. The van der Waals surface area contributed by atoms with E-state index in [1.165, 1.54) is 6.92 Å². The first kappa shape index (κ1) is 23.9. The molecule has 1 aromatic heterocycles. The number of carbonyl (C=O) groups is 3. The highest BCUT2D eigenvalue weighted by molar-refractivity contribution is 6.06. The molecule has 1 heterocycles. The smallest absolute Gasteiger partial charge is 0.355 e. The summed E-state index contributed by atoms with van der Waals surface area (Å²) in [4.78, 5) is 39.4. The Bertz CT molecular complexity index is 708. The standard InChI is InChI=1S/C21H34N2O5/c1-8-22-15(5)18(14(4)19(22)21(26)28-10-3)20(25)16(6)23(17(7)24)12-11-13-27-9-2/h16H,8-13H2,1-7H3. The van der Waals surface area contributed by atoms with Gasteiger partial charge in [0.2, 0.25) is 5.91 Å². The molecule has 0 N–H and O–H groups in total. The second kappa shape index (κ2) is 11.0. The van der Waals surface area contributed by atoms with Gasteiger partial charge in [-0.2, -0.15) is 0 Å². The van der Waals surface area contributed by atoms with Gasteiger partial charge in [-0.05, 0) is 53.5 Å². The van der Waals surface area contributed by atoms with E-state index in [0.717, 1.165) is 5.69 Å². The van der Waals surface area contributed by atoms with Gasteiger partial charge >= 0.3 is 5.97 Å². The maximum Gasteiger partial charge on any atom is 0.355 e. The highest BCUT2D eigenvalue weighted by atomic mass is 16.5. The summed E-state index contributed by atoms with van der Waals surface area (Å²) in [5, 5.41) is 0. The van der Waals surface area contributed by atoms with Crippen molar-refractivity contribution in [3.05, 3.63) is 22.5 Å². The van der Waals surface area contributed by atoms with E-state index in [2.05, 4.69) is 0 Å². The van der Waals surface area contributed by atoms with E-state index in [-0.39, 0.29) is 18.3 Å². The first-order valence-electron chi connectivity index (χ1n) is 9.98. The van der Waals surface area contributed by atoms with Crippen LogP contribution in [0.3, 0.4) is 0 Å². The zero-order valence-corrected chi connectivity index (χ0v) is 18.3. The highest BCUT2D eigenvalue weighted by Crippen LogP contribution is 2.25. The Labute approximate surface area is 168 Å². The summed E-state index contributed by atoms with van der Waals surface area (Å²) in [5.74, 6) is -0.760. The number of rotatable bonds is 11. The van der Waals surface area contributed by atoms with Crippen LogP contribution in [0.25, 0.3) is 0 Å². The second-order valence-electron chi connectivity index (χ2n) is 6.70. The molecule has 0 aliphatic carbocycles. The molecule has 0 aromatic carbocycles. The quantitative estimate of drug-likeness (QED) is 0.327. The summed E-state index contributed by atoms with van der Waals surface area (Å²) in [7, 11) is 0. The molecule has 0 spiro atoms. The average Bonchev–Trinajstić information content (AvgIpc) is 2.90. The van der Waals surface area contributed by atoms with Crippen LogP contribution in [0.5, 0.6) is 0 Å². The second-order valence-corrected chi connectivity index (χ2v) is 6.70. The van der Waals surface area contributed by atoms with Gasteiger partial charge in [-0.15, -0.1) is 0 Å². The molecule has 1 amide bonds. The summed E-state index contributed by atoms with van der Waals surface area (Å²) in [6, 6.07) is -0.626. The zero-order valence-electron chi connectivity index (χ0n) is 18.3. The van der Waals surface area contributed by atoms with E-state index >= 15 is 0 Å². The summed E-state index contributed by atoms with van der Waals surface area (Å²) in [6.45, 7) is 14.8. The van der Waals surface area contributed by atoms with E-state index in [9.17, 15) is 14.4 Å². The molecule has 7 heteroatoms. The average molecular weight is 395 g/mol. The van der Waals surface area contributed by atoms with E-state index < -0.39 is 12.0 Å². The first-order valence-corrected chi connectivity index (χ1v) is 9.98. The molecule has 0 fully saturated rings. The van der Waals surface area contributed by atoms with Crippen molar-refractivity contribution in [2.24, 2.45) is 0 Å². The number of hydrogen-bond acceptors (Lipinski definition) is 5. The molecule has 28 heavy (non-hydrogen) atoms. The lowest BCUT2D eigenvalue weighted by Crippen LogP contribution is -2.43. The minimum absolute atomic E-state index is 0.159. The lowest BCUT2D eigenvalue weighted by Gasteiger charge is -2.27. The van der Waals surface area contributed by atoms with Crippen molar-refractivity contribution in [3.63, 3.8) is 0 Å². The third-order valence-corrected chi connectivity index (χ3v) is 4.94. The predicted octanol–water partition coefficient (Wildman–Crippen LogP) is 3.15. The number of amides is 1. The molecule has 1 aromatic rings. The van der Waals surface area contributed by atoms with E-state index in [1.807, 2.05) is 20.8 Å². The lowest BCUT2D eigenvalue weighted by atomic mass is 9.99. The Kier molecular flexibility index (Phi) is 9.38. The molecular weight excluding hydrogens is 360 g/mol. The molecule has 0 aliphatic rings. The van der Waals surface area contributed by atoms with Crippen molar-refractivity contribution >= 4 is 17.7 Å². The number of nitrogens with zero attached hydrogens (tertiary/aromatic N) is 2. The Morgan fingerprint density at radius 2 is 1.75 bits per heavy atom. The fraction of sp³-hybridized carbons (Fsp3) is 0.667. The Balaban J connectivity index is 3.21. The number of ketones is 1. The lowest BCUT2D eigenvalue weighted by molar-refractivity contribution is -0.130. The Morgan fingerprint density at radius 3 is 2.25 bits per heavy atom. The van der Waals surface area contributed by atoms with E-state index in [0.29, 0.717) is 49.5 Å². The number of carbonyl (C=O) groups excluding carboxylic acids is 3. The summed E-state index contributed by atoms with van der Waals surface area (Å²) < 4.78 is 12.3. The molecule has 1 atom stereocenters. The maximum atomic E-state index is 13.3. The molecule has 7 nitrogen and oxygen atoms in total. The Morgan fingerprint density at radius 1 is 1.11 bits per heavy atom. The molecule has 158 valence electrons. The molecule has 0 saturated carbocycles. The van der Waals surface area contributed by atoms with Gasteiger partial charge in [-0.3, -0.25) is 9.59 Å². The molecule has 0 aliphatic heterocycles. The van der Waals surface area contributed by atoms with Crippen LogP contribution in [0.1, 0.15) is 73.1 Å². The van der Waals surface area contributed by atoms with E-state index in [4.69, 9.17) is 9.47 Å². The molecule has 0 saturated heterocycles. The van der Waals surface area contributed by atoms with Crippen LogP contribution in [-0.2, 0) is 20.8 Å². The monoisotopic (exact) mass is 394 g/mol. The highest BCUT2D eigenvalue weighted by Gasteiger charge is 2.31. The van der Waals surface area contributed by atoms with Gasteiger partial charge in [0.15, 0.2) is 5.78 Å². The van der Waals surface area contributed by atoms with Crippen LogP contribution in [0, 0.1) is 13.8 Å². The first-order chi connectivity index (χ1) is 13.2. The van der Waals surface area contributed by atoms with Gasteiger partial charge in [0, 0.05) is 44.5 Å². The summed E-state index contributed by atoms with van der Waals surface area (Å²) >= 11 is 0. The van der Waals surface area contributed by atoms with Gasteiger partial charge in [0.25, 0.3) is 0 Å². The normalized spacial score (nSPS) is 12.0. The summed E-state index contributed by atoms with van der Waals surface area (Å²) in [5.41, 5.74) is 2.22. The van der Waals surface area contributed by atoms with Crippen molar-refractivity contribution in [1.29, 1.82) is 0 Å². The Hall–Kier alpha value is -2.15. The van der Waals surface area contributed by atoms with Gasteiger partial charge < -0.3 is 18.9 Å². The third-order valence-electron chi connectivity index (χ3n) is 4.94. The fourth-order valence-electron chi connectivity index (χ4n) is 3.57. The predicted molar refractivity (Wildman–Crippen MR) is 108 cm³/mol. The topological polar surface area (TPSA) is 77.8 Å². The van der Waals surface area contributed by atoms with Crippen LogP contribution in [0.4, 0.5) is 0 Å². The van der Waals surface area contributed by atoms with Crippen LogP contribution in [-0.4, -0.2) is 59.5 Å². The molecule has 0 bridgehead atoms.